The highest BCUT2D eigenvalue weighted by molar-refractivity contribution is 5.70. The molecule has 152 valence electrons. The average Bonchev–Trinajstić information content (AvgIpc) is 2.56. The molecule has 0 heterocycles. The number of hydrogen-bond acceptors (Lipinski definition) is 5. The maximum absolute atomic E-state index is 12.0. The normalized spacial score (nSPS) is 14.4. The van der Waals surface area contributed by atoms with Crippen LogP contribution in [0.3, 0.4) is 0 Å². The Morgan fingerprint density at radius 1 is 1.08 bits per heavy atom. The number of carbonyl (C=O) groups is 3. The minimum absolute atomic E-state index is 0.00479. The van der Waals surface area contributed by atoms with Gasteiger partial charge >= 0.3 is 18.0 Å². The van der Waals surface area contributed by atoms with Crippen LogP contribution in [0.25, 0.3) is 0 Å². The standard InChI is InChI=1S/C19H35NO6/c1-6-8-9-14(5)10-15(11-16(21)22)12-20-19(24)26-18(13(3)4)25-17(23)7-2/h13-15,18H,6-12H2,1-5H3,(H,20,24)(H,21,22)/t14-,15+,18-/m1/s1. The lowest BCUT2D eigenvalue weighted by Gasteiger charge is -2.23. The van der Waals surface area contributed by atoms with Crippen LogP contribution in [0.2, 0.25) is 0 Å². The number of alkyl carbamates (subject to hydrolysis) is 1. The number of rotatable bonds is 13. The molecule has 0 spiro atoms. The van der Waals surface area contributed by atoms with Gasteiger partial charge in [0.05, 0.1) is 0 Å². The number of aliphatic carboxylic acids is 1. The molecule has 7 heteroatoms. The summed E-state index contributed by atoms with van der Waals surface area (Å²) in [4.78, 5) is 34.5. The number of amides is 1. The van der Waals surface area contributed by atoms with Crippen molar-refractivity contribution in [3.05, 3.63) is 0 Å². The second-order valence-corrected chi connectivity index (χ2v) is 7.19. The van der Waals surface area contributed by atoms with Gasteiger partial charge in [0.15, 0.2) is 0 Å². The lowest BCUT2D eigenvalue weighted by molar-refractivity contribution is -0.174. The van der Waals surface area contributed by atoms with E-state index in [1.54, 1.807) is 20.8 Å². The van der Waals surface area contributed by atoms with Gasteiger partial charge < -0.3 is 19.9 Å². The molecule has 1 amide bonds. The summed E-state index contributed by atoms with van der Waals surface area (Å²) in [6.45, 7) is 9.66. The van der Waals surface area contributed by atoms with Gasteiger partial charge in [-0.3, -0.25) is 9.59 Å². The van der Waals surface area contributed by atoms with Gasteiger partial charge in [-0.05, 0) is 18.3 Å². The van der Waals surface area contributed by atoms with Crippen molar-refractivity contribution < 1.29 is 29.0 Å². The quantitative estimate of drug-likeness (QED) is 0.374. The van der Waals surface area contributed by atoms with Gasteiger partial charge in [0.2, 0.25) is 0 Å². The Morgan fingerprint density at radius 2 is 1.73 bits per heavy atom. The second kappa shape index (κ2) is 13.4. The number of ether oxygens (including phenoxy) is 2. The number of carbonyl (C=O) groups excluding carboxylic acids is 2. The van der Waals surface area contributed by atoms with Crippen LogP contribution in [0.15, 0.2) is 0 Å². The summed E-state index contributed by atoms with van der Waals surface area (Å²) in [6, 6.07) is 0. The molecular formula is C19H35NO6. The fourth-order valence-electron chi connectivity index (χ4n) is 2.61. The molecule has 0 saturated carbocycles. The van der Waals surface area contributed by atoms with Gasteiger partial charge in [-0.25, -0.2) is 4.79 Å². The highest BCUT2D eigenvalue weighted by atomic mass is 16.7. The Labute approximate surface area is 156 Å². The zero-order valence-corrected chi connectivity index (χ0v) is 16.7. The Bertz CT molecular complexity index is 438. The van der Waals surface area contributed by atoms with Gasteiger partial charge in [-0.2, -0.15) is 0 Å². The molecule has 3 atom stereocenters. The number of esters is 1. The van der Waals surface area contributed by atoms with Gasteiger partial charge in [0.1, 0.15) is 0 Å². The van der Waals surface area contributed by atoms with Crippen LogP contribution in [-0.2, 0) is 19.1 Å². The topological polar surface area (TPSA) is 102 Å². The smallest absolute Gasteiger partial charge is 0.410 e. The van der Waals surface area contributed by atoms with Crippen LogP contribution in [0, 0.1) is 17.8 Å². The Hall–Kier alpha value is -1.79. The molecule has 2 N–H and O–H groups in total. The first-order chi connectivity index (χ1) is 12.2. The third-order valence-corrected chi connectivity index (χ3v) is 4.09. The van der Waals surface area contributed by atoms with Crippen molar-refractivity contribution in [1.82, 2.24) is 5.32 Å². The Balaban J connectivity index is 4.56. The van der Waals surface area contributed by atoms with E-state index in [1.165, 1.54) is 0 Å². The van der Waals surface area contributed by atoms with Crippen molar-refractivity contribution in [2.75, 3.05) is 6.54 Å². The summed E-state index contributed by atoms with van der Waals surface area (Å²) >= 11 is 0. The summed E-state index contributed by atoms with van der Waals surface area (Å²) in [7, 11) is 0. The number of unbranched alkanes of at least 4 members (excludes halogenated alkanes) is 1. The fraction of sp³-hybridized carbons (Fsp3) is 0.842. The number of hydrogen-bond donors (Lipinski definition) is 2. The van der Waals surface area contributed by atoms with E-state index in [-0.39, 0.29) is 31.2 Å². The van der Waals surface area contributed by atoms with E-state index in [0.717, 1.165) is 25.7 Å². The zero-order chi connectivity index (χ0) is 20.1. The molecule has 0 saturated heterocycles. The Morgan fingerprint density at radius 3 is 2.23 bits per heavy atom. The third kappa shape index (κ3) is 11.7. The van der Waals surface area contributed by atoms with Crippen molar-refractivity contribution in [2.24, 2.45) is 17.8 Å². The van der Waals surface area contributed by atoms with E-state index >= 15 is 0 Å². The van der Waals surface area contributed by atoms with Gasteiger partial charge in [-0.1, -0.05) is 53.9 Å². The summed E-state index contributed by atoms with van der Waals surface area (Å²) in [5.41, 5.74) is 0. The predicted molar refractivity (Wildman–Crippen MR) is 98.5 cm³/mol. The molecule has 26 heavy (non-hydrogen) atoms. The van der Waals surface area contributed by atoms with Gasteiger partial charge in [-0.15, -0.1) is 0 Å². The summed E-state index contributed by atoms with van der Waals surface area (Å²) < 4.78 is 10.3. The van der Waals surface area contributed by atoms with Crippen molar-refractivity contribution >= 4 is 18.0 Å². The second-order valence-electron chi connectivity index (χ2n) is 7.19. The molecule has 0 fully saturated rings. The lowest BCUT2D eigenvalue weighted by atomic mass is 9.90. The first kappa shape index (κ1) is 24.2. The predicted octanol–water partition coefficient (Wildman–Crippen LogP) is 3.96. The molecule has 0 aromatic heterocycles. The fourth-order valence-corrected chi connectivity index (χ4v) is 2.61. The van der Waals surface area contributed by atoms with Crippen LogP contribution < -0.4 is 5.32 Å². The van der Waals surface area contributed by atoms with E-state index < -0.39 is 24.3 Å². The minimum atomic E-state index is -0.955. The maximum atomic E-state index is 12.0. The molecule has 0 rings (SSSR count). The molecule has 0 radical (unpaired) electrons. The molecule has 7 nitrogen and oxygen atoms in total. The average molecular weight is 373 g/mol. The van der Waals surface area contributed by atoms with Crippen LogP contribution >= 0.6 is 0 Å². The number of carboxylic acids is 1. The van der Waals surface area contributed by atoms with Crippen LogP contribution in [0.1, 0.15) is 73.1 Å². The van der Waals surface area contributed by atoms with Crippen LogP contribution in [0.4, 0.5) is 4.79 Å². The van der Waals surface area contributed by atoms with E-state index in [1.807, 2.05) is 0 Å². The third-order valence-electron chi connectivity index (χ3n) is 4.09. The van der Waals surface area contributed by atoms with E-state index in [0.29, 0.717) is 5.92 Å². The van der Waals surface area contributed by atoms with Gasteiger partial charge in [0, 0.05) is 25.3 Å². The first-order valence-corrected chi connectivity index (χ1v) is 9.55. The molecule has 0 unspecified atom stereocenters. The van der Waals surface area contributed by atoms with Crippen molar-refractivity contribution in [3.8, 4) is 0 Å². The first-order valence-electron chi connectivity index (χ1n) is 9.55. The van der Waals surface area contributed by atoms with E-state index in [4.69, 9.17) is 14.6 Å². The van der Waals surface area contributed by atoms with Crippen molar-refractivity contribution in [1.29, 1.82) is 0 Å². The highest BCUT2D eigenvalue weighted by Crippen LogP contribution is 2.20. The largest absolute Gasteiger partial charge is 0.481 e. The van der Waals surface area contributed by atoms with Crippen LogP contribution in [-0.4, -0.2) is 36.0 Å². The number of nitrogens with one attached hydrogen (secondary N) is 1. The summed E-state index contributed by atoms with van der Waals surface area (Å²) in [5.74, 6) is -1.27. The Kier molecular flexibility index (Phi) is 12.5. The monoisotopic (exact) mass is 373 g/mol. The molecule has 0 aliphatic rings. The summed E-state index contributed by atoms with van der Waals surface area (Å²) in [5, 5.41) is 11.7. The molecule has 0 aromatic rings. The minimum Gasteiger partial charge on any atom is -0.481 e. The van der Waals surface area contributed by atoms with Crippen LogP contribution in [0.5, 0.6) is 0 Å². The zero-order valence-electron chi connectivity index (χ0n) is 16.7. The van der Waals surface area contributed by atoms with E-state index in [2.05, 4.69) is 19.2 Å². The van der Waals surface area contributed by atoms with E-state index in [9.17, 15) is 14.4 Å². The SMILES string of the molecule is CCCC[C@@H](C)C[C@H](CNC(=O)O[C@@H](OC(=O)CC)C(C)C)CC(=O)O. The molecule has 0 bridgehead atoms. The molecule has 0 aliphatic heterocycles. The molecular weight excluding hydrogens is 338 g/mol. The maximum Gasteiger partial charge on any atom is 0.410 e. The number of carboxylic acid groups (broad SMARTS) is 1. The lowest BCUT2D eigenvalue weighted by Crippen LogP contribution is -2.37. The molecule has 0 aromatic carbocycles. The molecule has 0 aliphatic carbocycles. The highest BCUT2D eigenvalue weighted by Gasteiger charge is 2.23. The van der Waals surface area contributed by atoms with Gasteiger partial charge in [0.25, 0.3) is 6.29 Å². The summed E-state index contributed by atoms with van der Waals surface area (Å²) in [6.07, 6.45) is 2.51. The van der Waals surface area contributed by atoms with Crippen molar-refractivity contribution in [3.63, 3.8) is 0 Å². The van der Waals surface area contributed by atoms with Crippen molar-refractivity contribution in [2.45, 2.75) is 79.4 Å².